The molecule has 2 aromatic rings. The second-order valence-corrected chi connectivity index (χ2v) is 9.11. The van der Waals surface area contributed by atoms with Gasteiger partial charge in [0.2, 0.25) is 5.75 Å². The van der Waals surface area contributed by atoms with E-state index in [1.165, 1.54) is 17.6 Å². The Morgan fingerprint density at radius 1 is 0.882 bits per heavy atom. The molecular formula is C29H43NO4. The fraction of sp³-hybridized carbons (Fsp3) is 0.552. The maximum absolute atomic E-state index is 12.9. The van der Waals surface area contributed by atoms with E-state index in [4.69, 9.17) is 14.2 Å². The highest BCUT2D eigenvalue weighted by atomic mass is 16.5. The van der Waals surface area contributed by atoms with Crippen molar-refractivity contribution in [2.75, 3.05) is 19.8 Å². The summed E-state index contributed by atoms with van der Waals surface area (Å²) in [5.74, 6) is 1.51. The highest BCUT2D eigenvalue weighted by Crippen LogP contribution is 2.33. The van der Waals surface area contributed by atoms with Gasteiger partial charge in [0.05, 0.1) is 18.7 Å². The normalized spacial score (nSPS) is 11.5. The number of benzene rings is 1. The molecule has 188 valence electrons. The average Bonchev–Trinajstić information content (AvgIpc) is 2.80. The van der Waals surface area contributed by atoms with Crippen molar-refractivity contribution < 1.29 is 14.2 Å². The molecule has 0 aliphatic carbocycles. The first-order valence-electron chi connectivity index (χ1n) is 12.8. The minimum Gasteiger partial charge on any atom is -0.494 e. The fourth-order valence-electron chi connectivity index (χ4n) is 3.59. The van der Waals surface area contributed by atoms with Crippen molar-refractivity contribution in [3.63, 3.8) is 0 Å². The lowest BCUT2D eigenvalue weighted by Gasteiger charge is -2.15. The Morgan fingerprint density at radius 3 is 2.38 bits per heavy atom. The van der Waals surface area contributed by atoms with Crippen LogP contribution in [0.25, 0.3) is 10.9 Å². The first-order chi connectivity index (χ1) is 16.5. The molecule has 1 aromatic heterocycles. The molecule has 1 aromatic carbocycles. The van der Waals surface area contributed by atoms with Gasteiger partial charge in [-0.2, -0.15) is 0 Å². The molecule has 1 heterocycles. The number of allylic oxidation sites excluding steroid dienone is 3. The van der Waals surface area contributed by atoms with Crippen LogP contribution in [-0.2, 0) is 0 Å². The molecule has 0 unspecified atom stereocenters. The van der Waals surface area contributed by atoms with Crippen molar-refractivity contribution in [1.82, 2.24) is 4.98 Å². The van der Waals surface area contributed by atoms with Crippen LogP contribution in [0, 0.1) is 0 Å². The summed E-state index contributed by atoms with van der Waals surface area (Å²) in [7, 11) is 0. The standard InChI is InChI=1S/C29H43NO4/c1-6-8-10-11-19-33-28-27(34-20-17-23(5)14-12-13-22(3)4)25-16-15-24(32-18-9-7-2)21-26(25)30-29(28)31/h13,15-17,21H,6-12,14,18-20H2,1-5H3,(H,30,31)/b23-17+. The Kier molecular flexibility index (Phi) is 12.4. The van der Waals surface area contributed by atoms with Gasteiger partial charge in [0, 0.05) is 11.5 Å². The van der Waals surface area contributed by atoms with Crippen LogP contribution in [0.1, 0.15) is 86.0 Å². The van der Waals surface area contributed by atoms with E-state index in [0.29, 0.717) is 31.1 Å². The van der Waals surface area contributed by atoms with Crippen molar-refractivity contribution in [3.8, 4) is 17.2 Å². The van der Waals surface area contributed by atoms with Crippen molar-refractivity contribution in [1.29, 1.82) is 0 Å². The van der Waals surface area contributed by atoms with Gasteiger partial charge in [-0.25, -0.2) is 0 Å². The summed E-state index contributed by atoms with van der Waals surface area (Å²) in [6.07, 6.45) is 12.7. The Bertz CT molecular complexity index is 999. The first-order valence-corrected chi connectivity index (χ1v) is 12.8. The van der Waals surface area contributed by atoms with Gasteiger partial charge in [0.1, 0.15) is 12.4 Å². The second kappa shape index (κ2) is 15.3. The highest BCUT2D eigenvalue weighted by molar-refractivity contribution is 5.88. The summed E-state index contributed by atoms with van der Waals surface area (Å²) in [5, 5.41) is 0.821. The molecule has 0 atom stereocenters. The van der Waals surface area contributed by atoms with Crippen LogP contribution in [0.4, 0.5) is 0 Å². The Morgan fingerprint density at radius 2 is 1.65 bits per heavy atom. The molecule has 0 bridgehead atoms. The maximum atomic E-state index is 12.9. The molecule has 5 heteroatoms. The number of ether oxygens (including phenoxy) is 3. The molecule has 0 radical (unpaired) electrons. The van der Waals surface area contributed by atoms with Crippen LogP contribution in [0.2, 0.25) is 0 Å². The number of fused-ring (bicyclic) bond motifs is 1. The Balaban J connectivity index is 2.25. The number of aromatic nitrogens is 1. The van der Waals surface area contributed by atoms with E-state index < -0.39 is 0 Å². The number of aromatic amines is 1. The zero-order chi connectivity index (χ0) is 24.8. The molecule has 0 saturated carbocycles. The molecule has 0 aliphatic rings. The molecule has 2 rings (SSSR count). The summed E-state index contributed by atoms with van der Waals surface area (Å²) in [5.41, 5.74) is 3.02. The summed E-state index contributed by atoms with van der Waals surface area (Å²) in [4.78, 5) is 15.9. The number of rotatable bonds is 16. The SMILES string of the molecule is CCCCCCOc1c(OC/C=C(\C)CCC=C(C)C)c2ccc(OCCCC)cc2[nH]c1=O. The second-order valence-electron chi connectivity index (χ2n) is 9.11. The number of unbranched alkanes of at least 4 members (excludes halogenated alkanes) is 4. The van der Waals surface area contributed by atoms with Crippen molar-refractivity contribution in [2.24, 2.45) is 0 Å². The number of hydrogen-bond acceptors (Lipinski definition) is 4. The predicted octanol–water partition coefficient (Wildman–Crippen LogP) is 7.74. The van der Waals surface area contributed by atoms with E-state index in [0.717, 1.165) is 56.1 Å². The van der Waals surface area contributed by atoms with Gasteiger partial charge >= 0.3 is 0 Å². The van der Waals surface area contributed by atoms with Crippen molar-refractivity contribution in [2.45, 2.75) is 86.0 Å². The molecule has 0 amide bonds. The highest BCUT2D eigenvalue weighted by Gasteiger charge is 2.16. The molecular weight excluding hydrogens is 426 g/mol. The van der Waals surface area contributed by atoms with E-state index in [1.807, 2.05) is 18.2 Å². The van der Waals surface area contributed by atoms with Crippen LogP contribution in [0.3, 0.4) is 0 Å². The van der Waals surface area contributed by atoms with Gasteiger partial charge in [-0.1, -0.05) is 56.8 Å². The maximum Gasteiger partial charge on any atom is 0.294 e. The number of nitrogens with one attached hydrogen (secondary N) is 1. The average molecular weight is 470 g/mol. The molecule has 5 nitrogen and oxygen atoms in total. The molecule has 1 N–H and O–H groups in total. The van der Waals surface area contributed by atoms with Gasteiger partial charge < -0.3 is 19.2 Å². The van der Waals surface area contributed by atoms with Crippen LogP contribution in [-0.4, -0.2) is 24.8 Å². The predicted molar refractivity (Wildman–Crippen MR) is 143 cm³/mol. The third-order valence-electron chi connectivity index (χ3n) is 5.66. The van der Waals surface area contributed by atoms with Gasteiger partial charge in [-0.05, 0) is 64.7 Å². The van der Waals surface area contributed by atoms with E-state index in [1.54, 1.807) is 0 Å². The van der Waals surface area contributed by atoms with Crippen molar-refractivity contribution >= 4 is 10.9 Å². The summed E-state index contributed by atoms with van der Waals surface area (Å²) >= 11 is 0. The number of pyridine rings is 1. The minimum absolute atomic E-state index is 0.263. The molecule has 34 heavy (non-hydrogen) atoms. The van der Waals surface area contributed by atoms with Crippen LogP contribution < -0.4 is 19.8 Å². The Labute approximate surface area is 205 Å². The van der Waals surface area contributed by atoms with Crippen molar-refractivity contribution in [3.05, 3.63) is 51.9 Å². The topological polar surface area (TPSA) is 60.6 Å². The van der Waals surface area contributed by atoms with Crippen LogP contribution in [0.15, 0.2) is 46.3 Å². The van der Waals surface area contributed by atoms with Gasteiger partial charge in [-0.15, -0.1) is 0 Å². The monoisotopic (exact) mass is 469 g/mol. The minimum atomic E-state index is -0.270. The largest absolute Gasteiger partial charge is 0.494 e. The van der Waals surface area contributed by atoms with E-state index in [-0.39, 0.29) is 11.3 Å². The van der Waals surface area contributed by atoms with Gasteiger partial charge in [0.15, 0.2) is 5.75 Å². The quantitative estimate of drug-likeness (QED) is 0.202. The molecule has 0 fully saturated rings. The summed E-state index contributed by atoms with van der Waals surface area (Å²) < 4.78 is 17.9. The lowest BCUT2D eigenvalue weighted by atomic mass is 10.1. The summed E-state index contributed by atoms with van der Waals surface area (Å²) in [6.45, 7) is 12.2. The van der Waals surface area contributed by atoms with Crippen LogP contribution >= 0.6 is 0 Å². The van der Waals surface area contributed by atoms with E-state index >= 15 is 0 Å². The van der Waals surface area contributed by atoms with Crippen LogP contribution in [0.5, 0.6) is 17.2 Å². The number of hydrogen-bond donors (Lipinski definition) is 1. The van der Waals surface area contributed by atoms with E-state index in [2.05, 4.69) is 51.8 Å². The summed E-state index contributed by atoms with van der Waals surface area (Å²) in [6, 6.07) is 5.73. The molecule has 0 saturated heterocycles. The zero-order valence-electron chi connectivity index (χ0n) is 21.8. The third-order valence-corrected chi connectivity index (χ3v) is 5.66. The zero-order valence-corrected chi connectivity index (χ0v) is 21.8. The first kappa shape index (κ1) is 27.6. The lowest BCUT2D eigenvalue weighted by molar-refractivity contribution is 0.274. The van der Waals surface area contributed by atoms with E-state index in [9.17, 15) is 4.79 Å². The van der Waals surface area contributed by atoms with Gasteiger partial charge in [-0.3, -0.25) is 4.79 Å². The lowest BCUT2D eigenvalue weighted by Crippen LogP contribution is -2.15. The molecule has 0 spiro atoms. The fourth-order valence-corrected chi connectivity index (χ4v) is 3.59. The number of H-pyrrole nitrogens is 1. The third kappa shape index (κ3) is 9.28. The van der Waals surface area contributed by atoms with Gasteiger partial charge in [0.25, 0.3) is 5.56 Å². The Hall–Kier alpha value is -2.69. The molecule has 0 aliphatic heterocycles. The smallest absolute Gasteiger partial charge is 0.294 e.